The van der Waals surface area contributed by atoms with E-state index in [1.165, 1.54) is 17.2 Å². The Morgan fingerprint density at radius 2 is 1.90 bits per heavy atom. The molecule has 1 atom stereocenters. The SMILES string of the molecule is O[C@@H](Cn1cnc2c(N3CCCC3)ncnc21)C(F)(F)F. The van der Waals surface area contributed by atoms with Crippen molar-refractivity contribution in [2.45, 2.75) is 31.7 Å². The lowest BCUT2D eigenvalue weighted by Gasteiger charge is -2.17. The number of hydrogen-bond acceptors (Lipinski definition) is 5. The lowest BCUT2D eigenvalue weighted by atomic mass is 10.3. The van der Waals surface area contributed by atoms with Gasteiger partial charge >= 0.3 is 6.18 Å². The molecule has 21 heavy (non-hydrogen) atoms. The molecule has 0 aliphatic carbocycles. The molecule has 0 radical (unpaired) electrons. The molecule has 0 bridgehead atoms. The lowest BCUT2D eigenvalue weighted by molar-refractivity contribution is -0.207. The second kappa shape index (κ2) is 5.14. The first kappa shape index (κ1) is 14.1. The molecule has 2 aromatic heterocycles. The van der Waals surface area contributed by atoms with Gasteiger partial charge in [-0.05, 0) is 12.8 Å². The van der Waals surface area contributed by atoms with Crippen molar-refractivity contribution in [1.82, 2.24) is 19.5 Å². The number of alkyl halides is 3. The Hall–Kier alpha value is -1.90. The van der Waals surface area contributed by atoms with Gasteiger partial charge in [-0.25, -0.2) is 15.0 Å². The molecule has 9 heteroatoms. The van der Waals surface area contributed by atoms with Gasteiger partial charge in [0.05, 0.1) is 12.9 Å². The van der Waals surface area contributed by atoms with E-state index in [1.807, 2.05) is 4.90 Å². The molecule has 0 spiro atoms. The molecule has 1 fully saturated rings. The molecule has 0 amide bonds. The summed E-state index contributed by atoms with van der Waals surface area (Å²) in [5, 5.41) is 9.17. The Balaban J connectivity index is 1.93. The van der Waals surface area contributed by atoms with E-state index in [2.05, 4.69) is 15.0 Å². The van der Waals surface area contributed by atoms with Crippen molar-refractivity contribution >= 4 is 17.0 Å². The van der Waals surface area contributed by atoms with E-state index in [0.717, 1.165) is 25.9 Å². The average Bonchev–Trinajstić information content (AvgIpc) is 3.07. The monoisotopic (exact) mass is 301 g/mol. The van der Waals surface area contributed by atoms with Crippen LogP contribution in [0.5, 0.6) is 0 Å². The third kappa shape index (κ3) is 2.65. The lowest BCUT2D eigenvalue weighted by Crippen LogP contribution is -2.32. The quantitative estimate of drug-likeness (QED) is 0.927. The van der Waals surface area contributed by atoms with E-state index in [9.17, 15) is 18.3 Å². The molecule has 1 aliphatic rings. The predicted octanol–water partition coefficient (Wildman–Crippen LogP) is 1.35. The minimum atomic E-state index is -4.67. The average molecular weight is 301 g/mol. The molecule has 1 saturated heterocycles. The van der Waals surface area contributed by atoms with Crippen LogP contribution in [0.3, 0.4) is 0 Å². The summed E-state index contributed by atoms with van der Waals surface area (Å²) in [7, 11) is 0. The molecular weight excluding hydrogens is 287 g/mol. The number of nitrogens with zero attached hydrogens (tertiary/aromatic N) is 5. The molecule has 0 unspecified atom stereocenters. The highest BCUT2D eigenvalue weighted by Crippen LogP contribution is 2.26. The Morgan fingerprint density at radius 3 is 2.57 bits per heavy atom. The van der Waals surface area contributed by atoms with Gasteiger partial charge in [-0.15, -0.1) is 0 Å². The molecule has 6 nitrogen and oxygen atoms in total. The zero-order valence-corrected chi connectivity index (χ0v) is 11.1. The van der Waals surface area contributed by atoms with Crippen molar-refractivity contribution in [3.05, 3.63) is 12.7 Å². The maximum atomic E-state index is 12.4. The zero-order valence-electron chi connectivity index (χ0n) is 11.1. The Bertz CT molecular complexity index is 635. The largest absolute Gasteiger partial charge is 0.416 e. The normalized spacial score (nSPS) is 17.6. The predicted molar refractivity (Wildman–Crippen MR) is 68.8 cm³/mol. The van der Waals surface area contributed by atoms with Gasteiger partial charge in [0.1, 0.15) is 6.33 Å². The fourth-order valence-electron chi connectivity index (χ4n) is 2.45. The number of fused-ring (bicyclic) bond motifs is 1. The maximum absolute atomic E-state index is 12.4. The van der Waals surface area contributed by atoms with Gasteiger partial charge in [-0.1, -0.05) is 0 Å². The van der Waals surface area contributed by atoms with E-state index in [4.69, 9.17) is 0 Å². The fourth-order valence-corrected chi connectivity index (χ4v) is 2.45. The summed E-state index contributed by atoms with van der Waals surface area (Å²) in [4.78, 5) is 14.3. The summed E-state index contributed by atoms with van der Waals surface area (Å²) < 4.78 is 38.5. The number of aliphatic hydroxyl groups is 1. The number of anilines is 1. The van der Waals surface area contributed by atoms with Gasteiger partial charge in [0.2, 0.25) is 0 Å². The number of halogens is 3. The maximum Gasteiger partial charge on any atom is 0.416 e. The minimum Gasteiger partial charge on any atom is -0.382 e. The number of hydrogen-bond donors (Lipinski definition) is 1. The standard InChI is InChI=1S/C12H14F3N5O/c13-12(14,15)8(21)5-20-7-18-9-10(16-6-17-11(9)20)19-3-1-2-4-19/h6-8,21H,1-5H2/t8-/m0/s1. The van der Waals surface area contributed by atoms with Crippen LogP contribution in [0, 0.1) is 0 Å². The van der Waals surface area contributed by atoms with Crippen molar-refractivity contribution in [3.8, 4) is 0 Å². The van der Waals surface area contributed by atoms with Crippen LogP contribution in [-0.2, 0) is 6.54 Å². The highest BCUT2D eigenvalue weighted by molar-refractivity contribution is 5.83. The second-order valence-corrected chi connectivity index (χ2v) is 5.02. The van der Waals surface area contributed by atoms with Crippen molar-refractivity contribution in [1.29, 1.82) is 0 Å². The fraction of sp³-hybridized carbons (Fsp3) is 0.583. The first-order chi connectivity index (χ1) is 9.97. The van der Waals surface area contributed by atoms with E-state index in [1.54, 1.807) is 0 Å². The Morgan fingerprint density at radius 1 is 1.19 bits per heavy atom. The second-order valence-electron chi connectivity index (χ2n) is 5.02. The van der Waals surface area contributed by atoms with Crippen LogP contribution < -0.4 is 4.90 Å². The summed E-state index contributed by atoms with van der Waals surface area (Å²) in [6.45, 7) is 1.07. The molecule has 1 N–H and O–H groups in total. The summed E-state index contributed by atoms with van der Waals surface area (Å²) in [5.41, 5.74) is 0.768. The minimum absolute atomic E-state index is 0.301. The van der Waals surface area contributed by atoms with Crippen LogP contribution in [0.25, 0.3) is 11.2 Å². The van der Waals surface area contributed by atoms with Crippen LogP contribution in [0.2, 0.25) is 0 Å². The summed E-state index contributed by atoms with van der Waals surface area (Å²) >= 11 is 0. The topological polar surface area (TPSA) is 67.1 Å². The smallest absolute Gasteiger partial charge is 0.382 e. The molecule has 3 heterocycles. The summed E-state index contributed by atoms with van der Waals surface area (Å²) in [6.07, 6.45) is -2.43. The Kier molecular flexibility index (Phi) is 3.44. The van der Waals surface area contributed by atoms with Crippen LogP contribution in [-0.4, -0.2) is 50.0 Å². The molecule has 3 rings (SSSR count). The van der Waals surface area contributed by atoms with E-state index < -0.39 is 18.8 Å². The van der Waals surface area contributed by atoms with Gasteiger partial charge in [-0.2, -0.15) is 13.2 Å². The van der Waals surface area contributed by atoms with Crippen molar-refractivity contribution in [2.75, 3.05) is 18.0 Å². The third-order valence-corrected chi connectivity index (χ3v) is 3.53. The molecule has 0 saturated carbocycles. The molecule has 114 valence electrons. The van der Waals surface area contributed by atoms with Crippen molar-refractivity contribution < 1.29 is 18.3 Å². The highest BCUT2D eigenvalue weighted by Gasteiger charge is 2.38. The first-order valence-electron chi connectivity index (χ1n) is 6.62. The molecule has 2 aromatic rings. The third-order valence-electron chi connectivity index (χ3n) is 3.53. The van der Waals surface area contributed by atoms with E-state index in [-0.39, 0.29) is 0 Å². The van der Waals surface area contributed by atoms with Crippen LogP contribution in [0.1, 0.15) is 12.8 Å². The Labute approximate surface area is 118 Å². The molecule has 0 aromatic carbocycles. The van der Waals surface area contributed by atoms with Gasteiger partial charge in [0, 0.05) is 13.1 Å². The van der Waals surface area contributed by atoms with Crippen LogP contribution in [0.4, 0.5) is 19.0 Å². The highest BCUT2D eigenvalue weighted by atomic mass is 19.4. The van der Waals surface area contributed by atoms with Gasteiger partial charge in [0.25, 0.3) is 0 Å². The molecular formula is C12H14F3N5O. The van der Waals surface area contributed by atoms with Gasteiger partial charge in [0.15, 0.2) is 23.1 Å². The van der Waals surface area contributed by atoms with Crippen LogP contribution in [0.15, 0.2) is 12.7 Å². The van der Waals surface area contributed by atoms with E-state index >= 15 is 0 Å². The van der Waals surface area contributed by atoms with E-state index in [0.29, 0.717) is 17.0 Å². The summed E-state index contributed by atoms with van der Waals surface area (Å²) in [5.74, 6) is 0.637. The first-order valence-corrected chi connectivity index (χ1v) is 6.62. The molecule has 1 aliphatic heterocycles. The summed E-state index contributed by atoms with van der Waals surface area (Å²) in [6, 6.07) is 0. The number of imidazole rings is 1. The van der Waals surface area contributed by atoms with Crippen molar-refractivity contribution in [3.63, 3.8) is 0 Å². The van der Waals surface area contributed by atoms with Gasteiger partial charge < -0.3 is 14.6 Å². The van der Waals surface area contributed by atoms with Crippen molar-refractivity contribution in [2.24, 2.45) is 0 Å². The van der Waals surface area contributed by atoms with Crippen LogP contribution >= 0.6 is 0 Å². The van der Waals surface area contributed by atoms with Gasteiger partial charge in [-0.3, -0.25) is 0 Å². The number of rotatable bonds is 3. The zero-order chi connectivity index (χ0) is 15.0. The number of aliphatic hydroxyl groups excluding tert-OH is 1. The number of aromatic nitrogens is 4.